The lowest BCUT2D eigenvalue weighted by Crippen LogP contribution is -2.74. The molecule has 0 saturated carbocycles. The van der Waals surface area contributed by atoms with Gasteiger partial charge in [-0.15, -0.1) is 0 Å². The minimum Gasteiger partial charge on any atom is -0.309 e. The van der Waals surface area contributed by atoms with Crippen molar-refractivity contribution < 1.29 is 0 Å². The molecule has 0 unspecified atom stereocenters. The fourth-order valence-electron chi connectivity index (χ4n) is 14.4. The van der Waals surface area contributed by atoms with E-state index in [9.17, 15) is 0 Å². The van der Waals surface area contributed by atoms with Gasteiger partial charge in [0.2, 0.25) is 0 Å². The second-order valence-corrected chi connectivity index (χ2v) is 29.5. The molecular formula is C78H55N3Si2. The van der Waals surface area contributed by atoms with Crippen LogP contribution in [0.5, 0.6) is 0 Å². The monoisotopic (exact) mass is 1090 g/mol. The van der Waals surface area contributed by atoms with Crippen LogP contribution in [0.4, 0.5) is 0 Å². The molecule has 13 aromatic carbocycles. The van der Waals surface area contributed by atoms with Crippen molar-refractivity contribution in [1.82, 2.24) is 13.7 Å². The molecule has 0 N–H and O–H groups in total. The van der Waals surface area contributed by atoms with Crippen LogP contribution in [0, 0.1) is 0 Å². The molecule has 83 heavy (non-hydrogen) atoms. The maximum absolute atomic E-state index is 3.11. The third-order valence-electron chi connectivity index (χ3n) is 17.7. The minimum atomic E-state index is -3.11. The minimum absolute atomic E-state index is 1.11. The summed E-state index contributed by atoms with van der Waals surface area (Å²) >= 11 is 0. The number of benzene rings is 13. The van der Waals surface area contributed by atoms with Gasteiger partial charge in [0.1, 0.15) is 0 Å². The molecule has 0 spiro atoms. The van der Waals surface area contributed by atoms with Gasteiger partial charge in [-0.1, -0.05) is 267 Å². The molecule has 0 amide bonds. The maximum Gasteiger partial charge on any atom is 0.180 e. The first-order chi connectivity index (χ1) is 41.2. The molecule has 0 radical (unpaired) electrons. The van der Waals surface area contributed by atoms with Crippen LogP contribution in [0.3, 0.4) is 0 Å². The molecule has 3 aromatic heterocycles. The van der Waals surface area contributed by atoms with Gasteiger partial charge in [-0.05, 0) is 108 Å². The van der Waals surface area contributed by atoms with Gasteiger partial charge in [-0.25, -0.2) is 0 Å². The highest BCUT2D eigenvalue weighted by atomic mass is 28.3. The van der Waals surface area contributed by atoms with Gasteiger partial charge in [0.05, 0.1) is 38.8 Å². The summed E-state index contributed by atoms with van der Waals surface area (Å²) in [5, 5.41) is 18.2. The van der Waals surface area contributed by atoms with Crippen LogP contribution in [-0.2, 0) is 0 Å². The maximum atomic E-state index is 2.57. The first kappa shape index (κ1) is 48.6. The number of aromatic nitrogens is 3. The van der Waals surface area contributed by atoms with E-state index in [1.54, 1.807) is 0 Å². The number of fused-ring (bicyclic) bond motifs is 9. The summed E-state index contributed by atoms with van der Waals surface area (Å²) in [4.78, 5) is 0. The van der Waals surface area contributed by atoms with E-state index >= 15 is 0 Å². The summed E-state index contributed by atoms with van der Waals surface area (Å²) < 4.78 is 7.60. The van der Waals surface area contributed by atoms with Crippen molar-refractivity contribution in [2.45, 2.75) is 0 Å². The van der Waals surface area contributed by atoms with Crippen molar-refractivity contribution in [2.75, 3.05) is 0 Å². The Hall–Kier alpha value is -10.3. The molecule has 0 aliphatic heterocycles. The van der Waals surface area contributed by atoms with E-state index in [1.165, 1.54) is 95.9 Å². The van der Waals surface area contributed by atoms with E-state index in [2.05, 4.69) is 347 Å². The molecule has 16 rings (SSSR count). The topological polar surface area (TPSA) is 14.8 Å². The Balaban J connectivity index is 0.992. The fraction of sp³-hybridized carbons (Fsp3) is 0. The first-order valence-corrected chi connectivity index (χ1v) is 32.8. The second-order valence-electron chi connectivity index (χ2n) is 21.9. The summed E-state index contributed by atoms with van der Waals surface area (Å²) in [5.74, 6) is 0. The molecular weight excluding hydrogens is 1040 g/mol. The van der Waals surface area contributed by atoms with E-state index in [0.717, 1.165) is 28.1 Å². The SMILES string of the molecule is c1ccc([Si](c2ccccc2)(c2ccccc2)c2cccc(-n3c4ccccc4c4cc(-n5c6cccc(-n7c8ccccc8c8ccccc87)c6c6c([Si](c7ccccc7)(c7ccccc7)c7ccccc7)cccc65)ccc43)c2)cc1. The average molecular weight is 1090 g/mol. The summed E-state index contributed by atoms with van der Waals surface area (Å²) in [6.07, 6.45) is 0. The van der Waals surface area contributed by atoms with Crippen LogP contribution >= 0.6 is 0 Å². The molecule has 0 aliphatic rings. The van der Waals surface area contributed by atoms with Crippen LogP contribution in [0.2, 0.25) is 0 Å². The van der Waals surface area contributed by atoms with Crippen molar-refractivity contribution in [1.29, 1.82) is 0 Å². The number of hydrogen-bond donors (Lipinski definition) is 0. The Morgan fingerprint density at radius 3 is 1.02 bits per heavy atom. The summed E-state index contributed by atoms with van der Waals surface area (Å²) in [6, 6.07) is 125. The van der Waals surface area contributed by atoms with Crippen molar-refractivity contribution in [3.8, 4) is 17.1 Å². The Morgan fingerprint density at radius 1 is 0.193 bits per heavy atom. The fourth-order valence-corrected chi connectivity index (χ4v) is 24.2. The van der Waals surface area contributed by atoms with E-state index < -0.39 is 16.1 Å². The molecule has 3 heterocycles. The van der Waals surface area contributed by atoms with Crippen molar-refractivity contribution in [3.05, 3.63) is 334 Å². The predicted molar refractivity (Wildman–Crippen MR) is 357 cm³/mol. The second kappa shape index (κ2) is 19.7. The highest BCUT2D eigenvalue weighted by molar-refractivity contribution is 7.21. The van der Waals surface area contributed by atoms with Gasteiger partial charge < -0.3 is 13.7 Å². The molecule has 0 atom stereocenters. The number of hydrogen-bond acceptors (Lipinski definition) is 0. The lowest BCUT2D eigenvalue weighted by Gasteiger charge is -2.35. The summed E-state index contributed by atoms with van der Waals surface area (Å²) in [7, 11) is -5.94. The van der Waals surface area contributed by atoms with Crippen LogP contribution in [-0.4, -0.2) is 29.8 Å². The van der Waals surface area contributed by atoms with Gasteiger partial charge in [0, 0.05) is 43.7 Å². The van der Waals surface area contributed by atoms with E-state index in [0.29, 0.717) is 0 Å². The Morgan fingerprint density at radius 2 is 0.530 bits per heavy atom. The van der Waals surface area contributed by atoms with Crippen molar-refractivity contribution in [3.63, 3.8) is 0 Å². The van der Waals surface area contributed by atoms with Gasteiger partial charge in [-0.3, -0.25) is 0 Å². The van der Waals surface area contributed by atoms with Gasteiger partial charge in [0.25, 0.3) is 0 Å². The molecule has 3 nitrogen and oxygen atoms in total. The molecule has 0 fully saturated rings. The number of rotatable bonds is 11. The standard InChI is InChI=1S/C78H55N3Si2/c1-7-29-58(30-8-1)82(59-31-9-2-10-32-59,60-33-11-3-12-34-60)64-41-25-28-56(54-64)79-69-45-22-21-44-67(69)68-55-57(52-53-72(68)79)80-73-48-26-49-74(81-70-46-23-19-42-65(70)66-43-20-24-47-71(66)81)77(73)78-75(80)50-27-51-76(78)83(61-35-13-4-14-36-61,62-37-15-5-16-38-62)63-39-17-6-18-40-63/h1-55H. The molecule has 5 heteroatoms. The van der Waals surface area contributed by atoms with E-state index in [1.807, 2.05) is 0 Å². The quantitative estimate of drug-likeness (QED) is 0.0906. The largest absolute Gasteiger partial charge is 0.309 e. The van der Waals surface area contributed by atoms with Crippen LogP contribution < -0.4 is 41.5 Å². The Bertz CT molecular complexity index is 4820. The zero-order valence-electron chi connectivity index (χ0n) is 45.6. The zero-order valence-corrected chi connectivity index (χ0v) is 47.6. The Labute approximate surface area is 484 Å². The van der Waals surface area contributed by atoms with E-state index in [4.69, 9.17) is 0 Å². The van der Waals surface area contributed by atoms with Crippen LogP contribution in [0.25, 0.3) is 82.5 Å². The zero-order chi connectivity index (χ0) is 54.9. The van der Waals surface area contributed by atoms with Gasteiger partial charge >= 0.3 is 0 Å². The highest BCUT2D eigenvalue weighted by Gasteiger charge is 2.44. The van der Waals surface area contributed by atoms with Crippen molar-refractivity contribution >= 4 is 123 Å². The lowest BCUT2D eigenvalue weighted by atomic mass is 10.1. The third-order valence-corrected chi connectivity index (χ3v) is 27.3. The average Bonchev–Trinajstić information content (AvgIpc) is 2.06. The third kappa shape index (κ3) is 7.35. The predicted octanol–water partition coefficient (Wildman–Crippen LogP) is 13.7. The smallest absolute Gasteiger partial charge is 0.180 e. The normalized spacial score (nSPS) is 12.1. The molecule has 0 saturated heterocycles. The number of nitrogens with zero attached hydrogens (tertiary/aromatic N) is 3. The van der Waals surface area contributed by atoms with Gasteiger partial charge in [-0.2, -0.15) is 0 Å². The molecule has 390 valence electrons. The summed E-state index contributed by atoms with van der Waals surface area (Å²) in [5.41, 5.74) is 10.4. The van der Waals surface area contributed by atoms with Gasteiger partial charge in [0.15, 0.2) is 16.1 Å². The molecule has 0 aliphatic carbocycles. The van der Waals surface area contributed by atoms with E-state index in [-0.39, 0.29) is 0 Å². The molecule has 0 bridgehead atoms. The number of para-hydroxylation sites is 3. The Kier molecular flexibility index (Phi) is 11.6. The first-order valence-electron chi connectivity index (χ1n) is 28.8. The summed E-state index contributed by atoms with van der Waals surface area (Å²) in [6.45, 7) is 0. The highest BCUT2D eigenvalue weighted by Crippen LogP contribution is 2.42. The van der Waals surface area contributed by atoms with Crippen molar-refractivity contribution in [2.24, 2.45) is 0 Å². The van der Waals surface area contributed by atoms with Crippen LogP contribution in [0.15, 0.2) is 334 Å². The molecule has 16 aromatic rings. The van der Waals surface area contributed by atoms with Crippen LogP contribution in [0.1, 0.15) is 0 Å². The lowest BCUT2D eigenvalue weighted by molar-refractivity contribution is 1.16.